The summed E-state index contributed by atoms with van der Waals surface area (Å²) in [6.45, 7) is 2.40. The van der Waals surface area contributed by atoms with Crippen LogP contribution in [0, 0.1) is 18.3 Å². The lowest BCUT2D eigenvalue weighted by Crippen LogP contribution is -2.22. The Hall–Kier alpha value is -2.19. The van der Waals surface area contributed by atoms with Crippen LogP contribution in [0.3, 0.4) is 0 Å². The molecule has 5 heteroatoms. The summed E-state index contributed by atoms with van der Waals surface area (Å²) in [5, 5.41) is 12.3. The van der Waals surface area contributed by atoms with Crippen molar-refractivity contribution in [1.29, 1.82) is 5.26 Å². The minimum atomic E-state index is -0.160. The third-order valence-corrected chi connectivity index (χ3v) is 3.26. The van der Waals surface area contributed by atoms with E-state index in [9.17, 15) is 4.79 Å². The number of hydrogen-bond donors (Lipinski definition) is 1. The van der Waals surface area contributed by atoms with Crippen LogP contribution in [0.1, 0.15) is 25.8 Å². The van der Waals surface area contributed by atoms with E-state index in [-0.39, 0.29) is 5.91 Å². The number of carbonyl (C=O) groups is 1. The van der Waals surface area contributed by atoms with E-state index in [0.29, 0.717) is 17.7 Å². The Bertz CT molecular complexity index is 595. The zero-order valence-corrected chi connectivity index (χ0v) is 10.6. The van der Waals surface area contributed by atoms with Crippen LogP contribution in [0.4, 0.5) is 0 Å². The Morgan fingerprint density at radius 1 is 1.44 bits per heavy atom. The van der Waals surface area contributed by atoms with Crippen molar-refractivity contribution < 1.29 is 4.79 Å². The van der Waals surface area contributed by atoms with E-state index in [1.807, 2.05) is 13.0 Å². The van der Waals surface area contributed by atoms with Gasteiger partial charge in [-0.3, -0.25) is 4.79 Å². The number of aryl methyl sites for hydroxylation is 1. The molecule has 1 heterocycles. The first-order chi connectivity index (χ1) is 8.69. The highest BCUT2D eigenvalue weighted by atomic mass is 32.1. The summed E-state index contributed by atoms with van der Waals surface area (Å²) in [5.74, 6) is -0.160. The molecule has 2 aromatic rings. The molecule has 1 aromatic carbocycles. The van der Waals surface area contributed by atoms with Gasteiger partial charge in [0.15, 0.2) is 0 Å². The van der Waals surface area contributed by atoms with Crippen molar-refractivity contribution in [3.8, 4) is 6.07 Å². The molecule has 2 rings (SSSR count). The molecule has 18 heavy (non-hydrogen) atoms. The Labute approximate surface area is 109 Å². The molecule has 0 bridgehead atoms. The van der Waals surface area contributed by atoms with Gasteiger partial charge in [-0.05, 0) is 31.2 Å². The van der Waals surface area contributed by atoms with Crippen molar-refractivity contribution in [2.75, 3.05) is 0 Å². The van der Waals surface area contributed by atoms with Gasteiger partial charge in [-0.1, -0.05) is 0 Å². The van der Waals surface area contributed by atoms with E-state index in [0.717, 1.165) is 9.88 Å². The number of amides is 1. The lowest BCUT2D eigenvalue weighted by Gasteiger charge is -2.02. The van der Waals surface area contributed by atoms with Gasteiger partial charge in [0.25, 0.3) is 5.91 Å². The summed E-state index contributed by atoms with van der Waals surface area (Å²) in [4.78, 5) is 17.1. The fraction of sp³-hybridized carbons (Fsp3) is 0.154. The van der Waals surface area contributed by atoms with Crippen LogP contribution in [0.2, 0.25) is 0 Å². The second kappa shape index (κ2) is 5.43. The van der Waals surface area contributed by atoms with Gasteiger partial charge < -0.3 is 5.32 Å². The highest BCUT2D eigenvalue weighted by Crippen LogP contribution is 2.11. The molecule has 0 unspecified atom stereocenters. The number of nitrogens with one attached hydrogen (secondary N) is 1. The number of rotatable bonds is 3. The predicted octanol–water partition coefficient (Wildman–Crippen LogP) is 2.25. The number of carbonyl (C=O) groups excluding carboxylic acids is 1. The topological polar surface area (TPSA) is 65.8 Å². The standard InChI is InChI=1S/C13H11N3OS/c1-9-7-15-12(18-9)8-16-13(17)11-4-2-10(6-14)3-5-11/h2-5,7H,8H2,1H3,(H,16,17). The molecular formula is C13H11N3OS. The third-order valence-electron chi connectivity index (χ3n) is 2.35. The highest BCUT2D eigenvalue weighted by Gasteiger charge is 2.06. The molecule has 0 aliphatic carbocycles. The lowest BCUT2D eigenvalue weighted by molar-refractivity contribution is 0.0951. The van der Waals surface area contributed by atoms with Crippen LogP contribution in [-0.2, 0) is 6.54 Å². The maximum atomic E-state index is 11.8. The molecule has 1 amide bonds. The van der Waals surface area contributed by atoms with Gasteiger partial charge in [0.2, 0.25) is 0 Å². The van der Waals surface area contributed by atoms with Gasteiger partial charge >= 0.3 is 0 Å². The summed E-state index contributed by atoms with van der Waals surface area (Å²) in [6, 6.07) is 8.55. The first-order valence-corrected chi connectivity index (χ1v) is 6.20. The fourth-order valence-electron chi connectivity index (χ4n) is 1.44. The van der Waals surface area contributed by atoms with E-state index in [2.05, 4.69) is 10.3 Å². The number of aromatic nitrogens is 1. The van der Waals surface area contributed by atoms with Crippen molar-refractivity contribution in [3.05, 3.63) is 51.5 Å². The molecule has 0 aliphatic heterocycles. The quantitative estimate of drug-likeness (QED) is 0.917. The van der Waals surface area contributed by atoms with Crippen LogP contribution in [0.15, 0.2) is 30.5 Å². The van der Waals surface area contributed by atoms with E-state index in [4.69, 9.17) is 5.26 Å². The second-order valence-electron chi connectivity index (χ2n) is 3.74. The Morgan fingerprint density at radius 3 is 2.72 bits per heavy atom. The molecule has 0 saturated carbocycles. The zero-order chi connectivity index (χ0) is 13.0. The Morgan fingerprint density at radius 2 is 2.17 bits per heavy atom. The number of nitriles is 1. The molecule has 4 nitrogen and oxygen atoms in total. The van der Waals surface area contributed by atoms with Crippen LogP contribution >= 0.6 is 11.3 Å². The van der Waals surface area contributed by atoms with E-state index >= 15 is 0 Å². The maximum absolute atomic E-state index is 11.8. The largest absolute Gasteiger partial charge is 0.346 e. The monoisotopic (exact) mass is 257 g/mol. The van der Waals surface area contributed by atoms with Gasteiger partial charge in [-0.25, -0.2) is 4.98 Å². The normalized spacial score (nSPS) is 9.78. The van der Waals surface area contributed by atoms with E-state index in [1.54, 1.807) is 41.8 Å². The molecule has 1 aromatic heterocycles. The lowest BCUT2D eigenvalue weighted by atomic mass is 10.1. The highest BCUT2D eigenvalue weighted by molar-refractivity contribution is 7.11. The molecule has 0 spiro atoms. The number of thiazole rings is 1. The van der Waals surface area contributed by atoms with Crippen LogP contribution in [-0.4, -0.2) is 10.9 Å². The molecule has 0 aliphatic rings. The van der Waals surface area contributed by atoms with Crippen LogP contribution in [0.25, 0.3) is 0 Å². The van der Waals surface area contributed by atoms with Crippen LogP contribution in [0.5, 0.6) is 0 Å². The number of hydrogen-bond acceptors (Lipinski definition) is 4. The first kappa shape index (κ1) is 12.3. The molecule has 0 atom stereocenters. The maximum Gasteiger partial charge on any atom is 0.251 e. The summed E-state index contributed by atoms with van der Waals surface area (Å²) in [5.41, 5.74) is 1.09. The van der Waals surface area contributed by atoms with Gasteiger partial charge in [-0.15, -0.1) is 11.3 Å². The van der Waals surface area contributed by atoms with Crippen molar-refractivity contribution >= 4 is 17.2 Å². The van der Waals surface area contributed by atoms with Crippen LogP contribution < -0.4 is 5.32 Å². The third kappa shape index (κ3) is 2.93. The minimum Gasteiger partial charge on any atom is -0.346 e. The Balaban J connectivity index is 1.97. The smallest absolute Gasteiger partial charge is 0.251 e. The predicted molar refractivity (Wildman–Crippen MR) is 69.2 cm³/mol. The van der Waals surface area contributed by atoms with Gasteiger partial charge in [-0.2, -0.15) is 5.26 Å². The average Bonchev–Trinajstić information content (AvgIpc) is 2.82. The molecule has 0 radical (unpaired) electrons. The van der Waals surface area contributed by atoms with E-state index < -0.39 is 0 Å². The number of benzene rings is 1. The van der Waals surface area contributed by atoms with Crippen molar-refractivity contribution in [2.24, 2.45) is 0 Å². The van der Waals surface area contributed by atoms with Crippen molar-refractivity contribution in [2.45, 2.75) is 13.5 Å². The summed E-state index contributed by atoms with van der Waals surface area (Å²) in [6.07, 6.45) is 1.79. The molecule has 90 valence electrons. The Kier molecular flexibility index (Phi) is 3.70. The second-order valence-corrected chi connectivity index (χ2v) is 5.06. The summed E-state index contributed by atoms with van der Waals surface area (Å²) >= 11 is 1.56. The van der Waals surface area contributed by atoms with Gasteiger partial charge in [0.05, 0.1) is 18.2 Å². The summed E-state index contributed by atoms with van der Waals surface area (Å²) < 4.78 is 0. The minimum absolute atomic E-state index is 0.160. The van der Waals surface area contributed by atoms with Crippen molar-refractivity contribution in [1.82, 2.24) is 10.3 Å². The zero-order valence-electron chi connectivity index (χ0n) is 9.80. The first-order valence-electron chi connectivity index (χ1n) is 5.38. The van der Waals surface area contributed by atoms with Crippen molar-refractivity contribution in [3.63, 3.8) is 0 Å². The van der Waals surface area contributed by atoms with Gasteiger partial charge in [0, 0.05) is 16.6 Å². The SMILES string of the molecule is Cc1cnc(CNC(=O)c2ccc(C#N)cc2)s1. The molecule has 0 saturated heterocycles. The molecule has 0 fully saturated rings. The van der Waals surface area contributed by atoms with E-state index in [1.165, 1.54) is 0 Å². The van der Waals surface area contributed by atoms with Gasteiger partial charge in [0.1, 0.15) is 5.01 Å². The molecule has 1 N–H and O–H groups in total. The average molecular weight is 257 g/mol. The summed E-state index contributed by atoms with van der Waals surface area (Å²) in [7, 11) is 0. The fourth-order valence-corrected chi connectivity index (χ4v) is 2.16. The number of nitrogens with zero attached hydrogens (tertiary/aromatic N) is 2. The molecular weight excluding hydrogens is 246 g/mol.